The molecule has 3 aromatic rings. The first kappa shape index (κ1) is 12.1. The van der Waals surface area contributed by atoms with Crippen LogP contribution in [0.25, 0.3) is 11.0 Å². The van der Waals surface area contributed by atoms with Crippen molar-refractivity contribution in [1.82, 2.24) is 19.9 Å². The highest BCUT2D eigenvalue weighted by molar-refractivity contribution is 5.92. The van der Waals surface area contributed by atoms with E-state index >= 15 is 0 Å². The molecule has 0 aliphatic carbocycles. The molecule has 0 saturated carbocycles. The van der Waals surface area contributed by atoms with Gasteiger partial charge in [-0.1, -0.05) is 12.1 Å². The number of fused-ring (bicyclic) bond motifs is 1. The summed E-state index contributed by atoms with van der Waals surface area (Å²) in [6.07, 6.45) is 3.08. The van der Waals surface area contributed by atoms with Gasteiger partial charge >= 0.3 is 6.01 Å². The standard InChI is InChI=1S/C13H11N5O2/c19-11(8-20-13-14-6-3-7-15-13)18-12-16-9-4-1-2-5-10(9)17-12/h1-7H,8H2,(H2,16,17,18,19). The summed E-state index contributed by atoms with van der Waals surface area (Å²) < 4.78 is 5.14. The van der Waals surface area contributed by atoms with E-state index in [1.165, 1.54) is 0 Å². The summed E-state index contributed by atoms with van der Waals surface area (Å²) in [5, 5.41) is 2.62. The Balaban J connectivity index is 1.61. The number of nitrogens with zero attached hydrogens (tertiary/aromatic N) is 3. The summed E-state index contributed by atoms with van der Waals surface area (Å²) >= 11 is 0. The summed E-state index contributed by atoms with van der Waals surface area (Å²) in [6.45, 7) is -0.180. The van der Waals surface area contributed by atoms with Crippen molar-refractivity contribution in [2.45, 2.75) is 0 Å². The predicted molar refractivity (Wildman–Crippen MR) is 72.3 cm³/mol. The van der Waals surface area contributed by atoms with E-state index in [2.05, 4.69) is 25.3 Å². The number of imidazole rings is 1. The van der Waals surface area contributed by atoms with Crippen LogP contribution in [0, 0.1) is 0 Å². The molecular weight excluding hydrogens is 258 g/mol. The number of hydrogen-bond donors (Lipinski definition) is 2. The normalized spacial score (nSPS) is 10.4. The fraction of sp³-hybridized carbons (Fsp3) is 0.0769. The van der Waals surface area contributed by atoms with Crippen LogP contribution in [0.15, 0.2) is 42.7 Å². The Kier molecular flexibility index (Phi) is 3.24. The number of aromatic amines is 1. The number of carbonyl (C=O) groups is 1. The summed E-state index contributed by atoms with van der Waals surface area (Å²) in [5.41, 5.74) is 1.64. The van der Waals surface area contributed by atoms with Crippen LogP contribution in [0.3, 0.4) is 0 Å². The second-order valence-corrected chi connectivity index (χ2v) is 3.97. The third-order valence-corrected chi connectivity index (χ3v) is 2.52. The Morgan fingerprint density at radius 2 is 2.00 bits per heavy atom. The van der Waals surface area contributed by atoms with Gasteiger partial charge < -0.3 is 9.72 Å². The largest absolute Gasteiger partial charge is 0.453 e. The maximum atomic E-state index is 11.7. The van der Waals surface area contributed by atoms with Crippen molar-refractivity contribution in [1.29, 1.82) is 0 Å². The van der Waals surface area contributed by atoms with Crippen LogP contribution >= 0.6 is 0 Å². The molecule has 0 saturated heterocycles. The molecule has 1 amide bonds. The monoisotopic (exact) mass is 269 g/mol. The van der Waals surface area contributed by atoms with Gasteiger partial charge in [0.1, 0.15) is 0 Å². The first-order chi connectivity index (χ1) is 9.81. The zero-order chi connectivity index (χ0) is 13.8. The molecule has 100 valence electrons. The minimum atomic E-state index is -0.337. The number of H-pyrrole nitrogens is 1. The lowest BCUT2D eigenvalue weighted by molar-refractivity contribution is -0.118. The number of amides is 1. The zero-order valence-corrected chi connectivity index (χ0v) is 10.4. The number of para-hydroxylation sites is 2. The number of nitrogens with one attached hydrogen (secondary N) is 2. The van der Waals surface area contributed by atoms with Gasteiger partial charge in [-0.2, -0.15) is 0 Å². The molecular formula is C13H11N5O2. The maximum Gasteiger partial charge on any atom is 0.316 e. The number of rotatable bonds is 4. The van der Waals surface area contributed by atoms with Gasteiger partial charge in [0.15, 0.2) is 6.61 Å². The van der Waals surface area contributed by atoms with Gasteiger partial charge in [0.2, 0.25) is 5.95 Å². The van der Waals surface area contributed by atoms with Crippen molar-refractivity contribution in [2.75, 3.05) is 11.9 Å². The van der Waals surface area contributed by atoms with E-state index in [1.54, 1.807) is 18.5 Å². The molecule has 7 nitrogen and oxygen atoms in total. The highest BCUT2D eigenvalue weighted by atomic mass is 16.5. The molecule has 3 rings (SSSR count). The lowest BCUT2D eigenvalue weighted by Gasteiger charge is -2.03. The maximum absolute atomic E-state index is 11.7. The van der Waals surface area contributed by atoms with E-state index in [0.717, 1.165) is 11.0 Å². The molecule has 2 N–H and O–H groups in total. The Bertz CT molecular complexity index is 693. The molecule has 20 heavy (non-hydrogen) atoms. The van der Waals surface area contributed by atoms with Crippen LogP contribution in [0.2, 0.25) is 0 Å². The van der Waals surface area contributed by atoms with Crippen LogP contribution < -0.4 is 10.1 Å². The topological polar surface area (TPSA) is 92.8 Å². The Morgan fingerprint density at radius 3 is 2.80 bits per heavy atom. The van der Waals surface area contributed by atoms with Gasteiger partial charge in [0.25, 0.3) is 5.91 Å². The Morgan fingerprint density at radius 1 is 1.20 bits per heavy atom. The fourth-order valence-electron chi connectivity index (χ4n) is 1.67. The van der Waals surface area contributed by atoms with E-state index in [-0.39, 0.29) is 18.5 Å². The molecule has 2 heterocycles. The minimum Gasteiger partial charge on any atom is -0.453 e. The number of benzene rings is 1. The molecule has 7 heteroatoms. The molecule has 0 spiro atoms. The Hall–Kier alpha value is -2.96. The van der Waals surface area contributed by atoms with Crippen LogP contribution in [0.1, 0.15) is 0 Å². The minimum absolute atomic E-state index is 0.159. The first-order valence-corrected chi connectivity index (χ1v) is 5.96. The van der Waals surface area contributed by atoms with Crippen molar-refractivity contribution in [3.63, 3.8) is 0 Å². The van der Waals surface area contributed by atoms with Crippen molar-refractivity contribution >= 4 is 22.9 Å². The lowest BCUT2D eigenvalue weighted by Crippen LogP contribution is -2.21. The van der Waals surface area contributed by atoms with Crippen molar-refractivity contribution in [3.05, 3.63) is 42.7 Å². The average Bonchev–Trinajstić information content (AvgIpc) is 2.88. The fourth-order valence-corrected chi connectivity index (χ4v) is 1.67. The first-order valence-electron chi connectivity index (χ1n) is 5.96. The van der Waals surface area contributed by atoms with Gasteiger partial charge in [0.05, 0.1) is 11.0 Å². The summed E-state index contributed by atoms with van der Waals surface area (Å²) in [4.78, 5) is 26.7. The molecule has 0 radical (unpaired) electrons. The molecule has 0 bridgehead atoms. The molecule has 0 aliphatic rings. The summed E-state index contributed by atoms with van der Waals surface area (Å²) in [6, 6.07) is 9.34. The second kappa shape index (κ2) is 5.35. The van der Waals surface area contributed by atoms with E-state index in [4.69, 9.17) is 4.74 Å². The smallest absolute Gasteiger partial charge is 0.316 e. The zero-order valence-electron chi connectivity index (χ0n) is 10.4. The van der Waals surface area contributed by atoms with Gasteiger partial charge in [-0.05, 0) is 18.2 Å². The molecule has 0 fully saturated rings. The number of carbonyl (C=O) groups excluding carboxylic acids is 1. The van der Waals surface area contributed by atoms with Gasteiger partial charge in [-0.15, -0.1) is 0 Å². The average molecular weight is 269 g/mol. The third-order valence-electron chi connectivity index (χ3n) is 2.52. The van der Waals surface area contributed by atoms with Crippen LogP contribution in [0.5, 0.6) is 6.01 Å². The van der Waals surface area contributed by atoms with Crippen molar-refractivity contribution in [3.8, 4) is 6.01 Å². The van der Waals surface area contributed by atoms with E-state index < -0.39 is 0 Å². The van der Waals surface area contributed by atoms with E-state index in [1.807, 2.05) is 24.3 Å². The second-order valence-electron chi connectivity index (χ2n) is 3.97. The predicted octanol–water partition coefficient (Wildman–Crippen LogP) is 1.37. The highest BCUT2D eigenvalue weighted by Gasteiger charge is 2.08. The van der Waals surface area contributed by atoms with Crippen LogP contribution in [-0.2, 0) is 4.79 Å². The van der Waals surface area contributed by atoms with Crippen molar-refractivity contribution in [2.24, 2.45) is 0 Å². The SMILES string of the molecule is O=C(COc1ncccn1)Nc1nc2ccccc2[nH]1. The molecule has 2 aromatic heterocycles. The molecule has 1 aromatic carbocycles. The number of ether oxygens (including phenoxy) is 1. The Labute approximate surface area is 114 Å². The lowest BCUT2D eigenvalue weighted by atomic mass is 10.3. The third kappa shape index (κ3) is 2.72. The van der Waals surface area contributed by atoms with Gasteiger partial charge in [-0.25, -0.2) is 15.0 Å². The molecule has 0 atom stereocenters. The molecule has 0 unspecified atom stereocenters. The van der Waals surface area contributed by atoms with Crippen LogP contribution in [0.4, 0.5) is 5.95 Å². The summed E-state index contributed by atoms with van der Waals surface area (Å²) in [5.74, 6) is 0.0466. The molecule has 0 aliphatic heterocycles. The van der Waals surface area contributed by atoms with Crippen molar-refractivity contribution < 1.29 is 9.53 Å². The summed E-state index contributed by atoms with van der Waals surface area (Å²) in [7, 11) is 0. The van der Waals surface area contributed by atoms with E-state index in [0.29, 0.717) is 5.95 Å². The number of aromatic nitrogens is 4. The van der Waals surface area contributed by atoms with E-state index in [9.17, 15) is 4.79 Å². The van der Waals surface area contributed by atoms with Crippen LogP contribution in [-0.4, -0.2) is 32.4 Å². The van der Waals surface area contributed by atoms with Gasteiger partial charge in [-0.3, -0.25) is 10.1 Å². The number of hydrogen-bond acceptors (Lipinski definition) is 5. The number of anilines is 1. The highest BCUT2D eigenvalue weighted by Crippen LogP contribution is 2.13. The van der Waals surface area contributed by atoms with Gasteiger partial charge in [0, 0.05) is 12.4 Å². The quantitative estimate of drug-likeness (QED) is 0.746.